The molecule has 1 nitrogen and oxygen atoms in total. The van der Waals surface area contributed by atoms with Gasteiger partial charge >= 0.3 is 0 Å². The van der Waals surface area contributed by atoms with Crippen LogP contribution in [0.15, 0.2) is 30.3 Å². The van der Waals surface area contributed by atoms with Crippen LogP contribution in [0.1, 0.15) is 14.3 Å². The van der Waals surface area contributed by atoms with Crippen LogP contribution in [0.25, 0.3) is 6.08 Å². The standard InChI is InChI=1S/C8H6O.CH4/c9-7-6-8-4-2-1-3-5-8;/h1-6H;1H4/i;1T. The maximum atomic E-state index is 9.79. The van der Waals surface area contributed by atoms with Gasteiger partial charge in [-0.3, -0.25) is 0 Å². The minimum atomic E-state index is 0.896. The van der Waals surface area contributed by atoms with Gasteiger partial charge < -0.3 is 0 Å². The normalized spacial score (nSPS) is 7.90. The Morgan fingerprint density at radius 3 is 2.50 bits per heavy atom. The van der Waals surface area contributed by atoms with E-state index in [0.29, 0.717) is 0 Å². The number of rotatable bonds is 1. The molecule has 0 atom stereocenters. The van der Waals surface area contributed by atoms with Crippen molar-refractivity contribution < 1.29 is 6.17 Å². The summed E-state index contributed by atoms with van der Waals surface area (Å²) in [5.41, 5.74) is 0.896. The lowest BCUT2D eigenvalue weighted by atomic mass is 10.2. The van der Waals surface area contributed by atoms with Crippen molar-refractivity contribution in [1.82, 2.24) is 0 Å². The first-order valence-electron chi connectivity index (χ1n) is 3.69. The zero-order valence-electron chi connectivity index (χ0n) is 6.87. The lowest BCUT2D eigenvalue weighted by Gasteiger charge is -1.83. The van der Waals surface area contributed by atoms with Crippen LogP contribution in [0.2, 0.25) is 0 Å². The minimum Gasteiger partial charge on any atom is -0.233 e. The van der Waals surface area contributed by atoms with Crippen molar-refractivity contribution in [2.75, 3.05) is 0 Å². The van der Waals surface area contributed by atoms with E-state index in [4.69, 9.17) is 1.37 Å². The SMILES string of the molecule is O=C=Cc1ccccc1.[3H]C. The molecule has 0 saturated heterocycles. The van der Waals surface area contributed by atoms with Crippen LogP contribution in [0.4, 0.5) is 0 Å². The van der Waals surface area contributed by atoms with Crippen molar-refractivity contribution in [3.05, 3.63) is 35.9 Å². The first-order chi connectivity index (χ1) is 5.43. The lowest BCUT2D eigenvalue weighted by molar-refractivity contribution is 0.570. The highest BCUT2D eigenvalue weighted by atomic mass is 16.1. The van der Waals surface area contributed by atoms with E-state index in [9.17, 15) is 4.79 Å². The third kappa shape index (κ3) is 2.29. The zero-order chi connectivity index (χ0) is 8.53. The highest BCUT2D eigenvalue weighted by molar-refractivity contribution is 5.74. The van der Waals surface area contributed by atoms with Crippen LogP contribution in [-0.2, 0) is 4.79 Å². The number of carbonyl (C=O) groups excluding carboxylic acids is 1. The Morgan fingerprint density at radius 2 is 2.00 bits per heavy atom. The van der Waals surface area contributed by atoms with Gasteiger partial charge in [0.2, 0.25) is 0 Å². The Labute approximate surface area is 62.4 Å². The van der Waals surface area contributed by atoms with Crippen LogP contribution in [-0.4, -0.2) is 5.94 Å². The fourth-order valence-electron chi connectivity index (χ4n) is 0.617. The molecule has 0 heterocycles. The van der Waals surface area contributed by atoms with Gasteiger partial charge in [-0.1, -0.05) is 37.7 Å². The highest BCUT2D eigenvalue weighted by Gasteiger charge is 1.78. The molecule has 0 aliphatic heterocycles. The molecule has 52 valence electrons. The zero-order valence-corrected chi connectivity index (χ0v) is 5.87. The topological polar surface area (TPSA) is 17.1 Å². The smallest absolute Gasteiger partial charge is 0.125 e. The Kier molecular flexibility index (Phi) is 3.08. The number of hydrogen-bond donors (Lipinski definition) is 0. The summed E-state index contributed by atoms with van der Waals surface area (Å²) in [5.74, 6) is 1.71. The van der Waals surface area contributed by atoms with Crippen molar-refractivity contribution in [3.8, 4) is 0 Å². The molecule has 0 aliphatic rings. The molecule has 1 rings (SSSR count). The molecule has 1 aromatic rings. The molecular formula is C9H10O. The number of benzene rings is 1. The predicted molar refractivity (Wildman–Crippen MR) is 43.3 cm³/mol. The van der Waals surface area contributed by atoms with E-state index < -0.39 is 0 Å². The molecule has 0 unspecified atom stereocenters. The van der Waals surface area contributed by atoms with Crippen molar-refractivity contribution >= 4 is 12.0 Å². The average molecular weight is 136 g/mol. The van der Waals surface area contributed by atoms with Crippen molar-refractivity contribution in [1.29, 1.82) is 0 Å². The van der Waals surface area contributed by atoms with Crippen molar-refractivity contribution in [2.24, 2.45) is 0 Å². The van der Waals surface area contributed by atoms with Crippen LogP contribution in [0.3, 0.4) is 0 Å². The molecule has 0 bridgehead atoms. The first kappa shape index (κ1) is 6.79. The predicted octanol–water partition coefficient (Wildman–Crippen LogP) is 2.17. The van der Waals surface area contributed by atoms with Gasteiger partial charge in [0.1, 0.15) is 5.94 Å². The minimum absolute atomic E-state index is 0.896. The summed E-state index contributed by atoms with van der Waals surface area (Å²) in [6, 6.07) is 9.37. The second-order valence-electron chi connectivity index (χ2n) is 1.67. The van der Waals surface area contributed by atoms with Gasteiger partial charge in [0.05, 0.1) is 0 Å². The van der Waals surface area contributed by atoms with E-state index in [0.717, 1.165) is 5.56 Å². The van der Waals surface area contributed by atoms with E-state index in [1.807, 2.05) is 30.3 Å². The van der Waals surface area contributed by atoms with Gasteiger partial charge in [-0.2, -0.15) is 0 Å². The van der Waals surface area contributed by atoms with Gasteiger partial charge in [0.25, 0.3) is 0 Å². The Hall–Kier alpha value is -1.33. The van der Waals surface area contributed by atoms with E-state index in [2.05, 4.69) is 0 Å². The van der Waals surface area contributed by atoms with E-state index in [-0.39, 0.29) is 0 Å². The van der Waals surface area contributed by atoms with E-state index in [1.165, 1.54) is 13.5 Å². The van der Waals surface area contributed by atoms with E-state index in [1.54, 1.807) is 5.94 Å². The molecule has 0 N–H and O–H groups in total. The van der Waals surface area contributed by atoms with Gasteiger partial charge in [0.15, 0.2) is 0 Å². The largest absolute Gasteiger partial charge is 0.233 e. The van der Waals surface area contributed by atoms with Gasteiger partial charge in [0, 0.05) is 7.45 Å². The van der Waals surface area contributed by atoms with Gasteiger partial charge in [-0.25, -0.2) is 4.79 Å². The lowest BCUT2D eigenvalue weighted by Crippen LogP contribution is -1.66. The fourth-order valence-corrected chi connectivity index (χ4v) is 0.617. The van der Waals surface area contributed by atoms with Crippen LogP contribution in [0, 0.1) is 0 Å². The van der Waals surface area contributed by atoms with Crippen LogP contribution in [0.5, 0.6) is 0 Å². The molecule has 0 aliphatic carbocycles. The molecule has 0 aromatic heterocycles. The maximum Gasteiger partial charge on any atom is 0.125 e. The molecule has 0 spiro atoms. The summed E-state index contributed by atoms with van der Waals surface area (Å²) < 4.78 is 5.75. The number of hydrogen-bond acceptors (Lipinski definition) is 1. The Morgan fingerprint density at radius 1 is 1.40 bits per heavy atom. The third-order valence-electron chi connectivity index (χ3n) is 1.03. The molecule has 1 heteroatoms. The molecule has 0 amide bonds. The van der Waals surface area contributed by atoms with Gasteiger partial charge in [-0.15, -0.1) is 0 Å². The average Bonchev–Trinajstić information content (AvgIpc) is 2.11. The van der Waals surface area contributed by atoms with Crippen LogP contribution < -0.4 is 0 Å². The first-order valence-corrected chi connectivity index (χ1v) is 2.69. The summed E-state index contributed by atoms with van der Waals surface area (Å²) >= 11 is 0. The van der Waals surface area contributed by atoms with Gasteiger partial charge in [-0.05, 0) is 5.56 Å². The fraction of sp³-hybridized carbons (Fsp3) is 0.111. The molecule has 0 radical (unpaired) electrons. The second-order valence-corrected chi connectivity index (χ2v) is 1.67. The summed E-state index contributed by atoms with van der Waals surface area (Å²) in [6.07, 6.45) is 1.40. The second kappa shape index (κ2) is 4.54. The highest BCUT2D eigenvalue weighted by Crippen LogP contribution is 1.97. The molecule has 10 heavy (non-hydrogen) atoms. The van der Waals surface area contributed by atoms with E-state index >= 15 is 0 Å². The van der Waals surface area contributed by atoms with Crippen molar-refractivity contribution in [3.63, 3.8) is 0 Å². The Bertz CT molecular complexity index is 225. The quantitative estimate of drug-likeness (QED) is 0.541. The van der Waals surface area contributed by atoms with Crippen molar-refractivity contribution in [2.45, 2.75) is 7.40 Å². The third-order valence-corrected chi connectivity index (χ3v) is 1.03. The summed E-state index contributed by atoms with van der Waals surface area (Å²) in [4.78, 5) is 9.79. The summed E-state index contributed by atoms with van der Waals surface area (Å²) in [6.45, 7) is 0. The monoisotopic (exact) mass is 136 g/mol. The molecule has 0 saturated carbocycles. The molecule has 1 aromatic carbocycles. The molecular weight excluding hydrogens is 124 g/mol. The maximum absolute atomic E-state index is 9.79. The Balaban J connectivity index is 0.000000461. The van der Waals surface area contributed by atoms with Crippen LogP contribution >= 0.6 is 0 Å². The summed E-state index contributed by atoms with van der Waals surface area (Å²) in [7, 11) is 1.25. The summed E-state index contributed by atoms with van der Waals surface area (Å²) in [5, 5.41) is 0. The molecule has 0 fully saturated rings.